The Hall–Kier alpha value is -1.10. The summed E-state index contributed by atoms with van der Waals surface area (Å²) in [6, 6.07) is 2.23. The molecule has 14 heavy (non-hydrogen) atoms. The van der Waals surface area contributed by atoms with Crippen LogP contribution in [0, 0.1) is 10.1 Å². The van der Waals surface area contributed by atoms with Crippen molar-refractivity contribution in [3.8, 4) is 0 Å². The molecule has 0 spiro atoms. The standard InChI is InChI=1S/C9H12N2O2S/c12-11(13)9-8(5-6-14-9)10-7-3-1-2-4-7/h5-7,10H,1-4H2. The van der Waals surface area contributed by atoms with Crippen LogP contribution < -0.4 is 5.32 Å². The van der Waals surface area contributed by atoms with Crippen LogP contribution in [0.5, 0.6) is 0 Å². The maximum atomic E-state index is 10.6. The van der Waals surface area contributed by atoms with Gasteiger partial charge in [-0.15, -0.1) is 0 Å². The van der Waals surface area contributed by atoms with Crippen LogP contribution in [-0.4, -0.2) is 11.0 Å². The molecule has 1 aromatic rings. The Balaban J connectivity index is 2.07. The summed E-state index contributed by atoms with van der Waals surface area (Å²) in [5.74, 6) is 0. The van der Waals surface area contributed by atoms with E-state index in [1.807, 2.05) is 0 Å². The van der Waals surface area contributed by atoms with Crippen molar-refractivity contribution in [2.75, 3.05) is 5.32 Å². The number of rotatable bonds is 3. The normalized spacial score (nSPS) is 17.1. The second kappa shape index (κ2) is 3.96. The van der Waals surface area contributed by atoms with Crippen LogP contribution in [0.3, 0.4) is 0 Å². The zero-order valence-electron chi connectivity index (χ0n) is 7.73. The van der Waals surface area contributed by atoms with Gasteiger partial charge in [0.05, 0.1) is 4.92 Å². The van der Waals surface area contributed by atoms with Crippen LogP contribution in [0.2, 0.25) is 0 Å². The molecule has 1 aliphatic carbocycles. The zero-order valence-corrected chi connectivity index (χ0v) is 8.55. The highest BCUT2D eigenvalue weighted by Crippen LogP contribution is 2.33. The van der Waals surface area contributed by atoms with E-state index in [9.17, 15) is 10.1 Å². The fourth-order valence-electron chi connectivity index (χ4n) is 1.84. The summed E-state index contributed by atoms with van der Waals surface area (Å²) in [5.41, 5.74) is 0.687. The van der Waals surface area contributed by atoms with Gasteiger partial charge in [-0.05, 0) is 24.3 Å². The second-order valence-electron chi connectivity index (χ2n) is 3.52. The summed E-state index contributed by atoms with van der Waals surface area (Å²) in [6.07, 6.45) is 4.73. The molecule has 0 saturated heterocycles. The SMILES string of the molecule is O=[N+]([O-])c1sccc1NC1CCCC1. The van der Waals surface area contributed by atoms with Crippen molar-refractivity contribution in [3.63, 3.8) is 0 Å². The maximum absolute atomic E-state index is 10.6. The number of nitro groups is 1. The van der Waals surface area contributed by atoms with E-state index in [1.165, 1.54) is 24.2 Å². The highest BCUT2D eigenvalue weighted by atomic mass is 32.1. The lowest BCUT2D eigenvalue weighted by molar-refractivity contribution is -0.379. The van der Waals surface area contributed by atoms with Gasteiger partial charge in [0.25, 0.3) is 0 Å². The van der Waals surface area contributed by atoms with Crippen LogP contribution in [-0.2, 0) is 0 Å². The third-order valence-corrected chi connectivity index (χ3v) is 3.39. The van der Waals surface area contributed by atoms with Gasteiger partial charge in [0.2, 0.25) is 0 Å². The minimum absolute atomic E-state index is 0.233. The van der Waals surface area contributed by atoms with Crippen molar-refractivity contribution in [2.45, 2.75) is 31.7 Å². The summed E-state index contributed by atoms with van der Waals surface area (Å²) in [5, 5.41) is 15.9. The van der Waals surface area contributed by atoms with Gasteiger partial charge < -0.3 is 5.32 Å². The minimum atomic E-state index is -0.318. The molecule has 1 aliphatic rings. The average Bonchev–Trinajstić information content (AvgIpc) is 2.75. The smallest absolute Gasteiger partial charge is 0.347 e. The summed E-state index contributed by atoms with van der Waals surface area (Å²) in [4.78, 5) is 10.3. The topological polar surface area (TPSA) is 55.2 Å². The van der Waals surface area contributed by atoms with Gasteiger partial charge in [-0.2, -0.15) is 0 Å². The Morgan fingerprint density at radius 3 is 2.86 bits per heavy atom. The molecule has 5 heteroatoms. The molecule has 2 rings (SSSR count). The van der Waals surface area contributed by atoms with E-state index in [0.717, 1.165) is 12.8 Å². The van der Waals surface area contributed by atoms with E-state index < -0.39 is 0 Å². The van der Waals surface area contributed by atoms with Gasteiger partial charge in [0.1, 0.15) is 5.69 Å². The molecule has 4 nitrogen and oxygen atoms in total. The van der Waals surface area contributed by atoms with Crippen molar-refractivity contribution in [3.05, 3.63) is 21.6 Å². The molecule has 0 aromatic carbocycles. The molecule has 76 valence electrons. The number of hydrogen-bond acceptors (Lipinski definition) is 4. The Morgan fingerprint density at radius 2 is 2.21 bits per heavy atom. The van der Waals surface area contributed by atoms with E-state index in [1.54, 1.807) is 11.4 Å². The molecular weight excluding hydrogens is 200 g/mol. The third-order valence-electron chi connectivity index (χ3n) is 2.53. The van der Waals surface area contributed by atoms with Gasteiger partial charge in [-0.25, -0.2) is 0 Å². The van der Waals surface area contributed by atoms with Crippen LogP contribution in [0.15, 0.2) is 11.4 Å². The quantitative estimate of drug-likeness (QED) is 0.619. The first-order valence-corrected chi connectivity index (χ1v) is 5.64. The monoisotopic (exact) mass is 212 g/mol. The highest BCUT2D eigenvalue weighted by molar-refractivity contribution is 7.14. The van der Waals surface area contributed by atoms with E-state index in [-0.39, 0.29) is 9.92 Å². The van der Waals surface area contributed by atoms with E-state index in [0.29, 0.717) is 11.7 Å². The third kappa shape index (κ3) is 1.87. The molecule has 0 amide bonds. The molecule has 1 aromatic heterocycles. The number of anilines is 1. The first-order valence-electron chi connectivity index (χ1n) is 4.76. The number of nitrogens with one attached hydrogen (secondary N) is 1. The van der Waals surface area contributed by atoms with Gasteiger partial charge in [0, 0.05) is 6.04 Å². The van der Waals surface area contributed by atoms with Gasteiger partial charge in [-0.3, -0.25) is 10.1 Å². The lowest BCUT2D eigenvalue weighted by atomic mass is 10.2. The fraction of sp³-hybridized carbons (Fsp3) is 0.556. The summed E-state index contributed by atoms with van der Waals surface area (Å²) < 4.78 is 0. The van der Waals surface area contributed by atoms with Crippen LogP contribution >= 0.6 is 11.3 Å². The average molecular weight is 212 g/mol. The molecule has 0 bridgehead atoms. The second-order valence-corrected chi connectivity index (χ2v) is 4.42. The minimum Gasteiger partial charge on any atom is -0.376 e. The summed E-state index contributed by atoms with van der Waals surface area (Å²) in [6.45, 7) is 0. The Morgan fingerprint density at radius 1 is 1.50 bits per heavy atom. The number of thiophene rings is 1. The highest BCUT2D eigenvalue weighted by Gasteiger charge is 2.20. The molecule has 0 aliphatic heterocycles. The van der Waals surface area contributed by atoms with Gasteiger partial charge >= 0.3 is 5.00 Å². The first-order chi connectivity index (χ1) is 6.77. The molecule has 1 fully saturated rings. The summed E-state index contributed by atoms with van der Waals surface area (Å²) >= 11 is 1.18. The van der Waals surface area contributed by atoms with E-state index >= 15 is 0 Å². The Labute approximate surface area is 86.1 Å². The number of nitrogens with zero attached hydrogens (tertiary/aromatic N) is 1. The van der Waals surface area contributed by atoms with Crippen molar-refractivity contribution >= 4 is 22.0 Å². The molecule has 0 unspecified atom stereocenters. The molecule has 1 N–H and O–H groups in total. The van der Waals surface area contributed by atoms with Crippen molar-refractivity contribution in [1.82, 2.24) is 0 Å². The van der Waals surface area contributed by atoms with Crippen molar-refractivity contribution in [1.29, 1.82) is 0 Å². The zero-order chi connectivity index (χ0) is 9.97. The van der Waals surface area contributed by atoms with Crippen LogP contribution in [0.25, 0.3) is 0 Å². The van der Waals surface area contributed by atoms with Gasteiger partial charge in [0.15, 0.2) is 0 Å². The first kappa shape index (κ1) is 9.45. The van der Waals surface area contributed by atoms with Gasteiger partial charge in [-0.1, -0.05) is 24.2 Å². The Bertz CT molecular complexity index is 331. The predicted molar refractivity (Wildman–Crippen MR) is 56.9 cm³/mol. The van der Waals surface area contributed by atoms with Crippen molar-refractivity contribution < 1.29 is 4.92 Å². The molecule has 1 saturated carbocycles. The maximum Gasteiger partial charge on any atom is 0.347 e. The lowest BCUT2D eigenvalue weighted by Gasteiger charge is -2.10. The molecular formula is C9H12N2O2S. The molecule has 1 heterocycles. The molecule has 0 radical (unpaired) electrons. The fourth-order valence-corrected chi connectivity index (χ4v) is 2.52. The summed E-state index contributed by atoms with van der Waals surface area (Å²) in [7, 11) is 0. The van der Waals surface area contributed by atoms with Crippen molar-refractivity contribution in [2.24, 2.45) is 0 Å². The van der Waals surface area contributed by atoms with Crippen LogP contribution in [0.4, 0.5) is 10.7 Å². The van der Waals surface area contributed by atoms with E-state index in [4.69, 9.17) is 0 Å². The lowest BCUT2D eigenvalue weighted by Crippen LogP contribution is -2.14. The predicted octanol–water partition coefficient (Wildman–Crippen LogP) is 3.01. The van der Waals surface area contributed by atoms with Crippen LogP contribution in [0.1, 0.15) is 25.7 Å². The molecule has 0 atom stereocenters. The number of hydrogen-bond donors (Lipinski definition) is 1. The van der Waals surface area contributed by atoms with E-state index in [2.05, 4.69) is 5.32 Å². The largest absolute Gasteiger partial charge is 0.376 e. The Kier molecular flexibility index (Phi) is 2.67.